The molecule has 34 heavy (non-hydrogen) atoms. The second-order valence-corrected chi connectivity index (χ2v) is 8.77. The molecule has 1 atom stereocenters. The Morgan fingerprint density at radius 3 is 2.29 bits per heavy atom. The number of carbonyl (C=O) groups excluding carboxylic acids is 2. The third-order valence-electron chi connectivity index (χ3n) is 5.31. The summed E-state index contributed by atoms with van der Waals surface area (Å²) in [5.74, 6) is -0.656. The van der Waals surface area contributed by atoms with Crippen molar-refractivity contribution in [1.29, 1.82) is 0 Å². The zero-order valence-electron chi connectivity index (χ0n) is 18.7. The van der Waals surface area contributed by atoms with Crippen LogP contribution in [0.3, 0.4) is 0 Å². The molecule has 0 aliphatic carbocycles. The third-order valence-corrected chi connectivity index (χ3v) is 6.50. The second kappa shape index (κ2) is 10.5. The summed E-state index contributed by atoms with van der Waals surface area (Å²) in [6.45, 7) is 2.01. The van der Waals surface area contributed by atoms with E-state index in [1.165, 1.54) is 24.5 Å². The molecule has 0 bridgehead atoms. The van der Waals surface area contributed by atoms with E-state index in [9.17, 15) is 14.0 Å². The molecule has 0 saturated carbocycles. The van der Waals surface area contributed by atoms with Gasteiger partial charge in [-0.05, 0) is 48.9 Å². The summed E-state index contributed by atoms with van der Waals surface area (Å²) < 4.78 is 20.3. The smallest absolute Gasteiger partial charge is 0.323 e. The summed E-state index contributed by atoms with van der Waals surface area (Å²) in [6, 6.07) is 20.5. The molecular formula is C26H24FN3O3S. The monoisotopic (exact) mass is 477 g/mol. The minimum atomic E-state index is -0.368. The molecule has 3 N–H and O–H groups in total. The van der Waals surface area contributed by atoms with Crippen LogP contribution < -0.4 is 16.0 Å². The van der Waals surface area contributed by atoms with Gasteiger partial charge in [0.2, 0.25) is 0 Å². The Morgan fingerprint density at radius 2 is 1.62 bits per heavy atom. The molecule has 0 aliphatic rings. The normalized spacial score (nSPS) is 11.7. The number of urea groups is 1. The van der Waals surface area contributed by atoms with Crippen molar-refractivity contribution >= 4 is 44.7 Å². The number of benzene rings is 3. The molecule has 0 fully saturated rings. The van der Waals surface area contributed by atoms with Crippen LogP contribution in [0.2, 0.25) is 0 Å². The molecule has 0 radical (unpaired) electrons. The van der Waals surface area contributed by atoms with Crippen LogP contribution in [0.1, 0.15) is 33.8 Å². The van der Waals surface area contributed by atoms with Crippen molar-refractivity contribution in [2.75, 3.05) is 17.7 Å². The first-order valence-electron chi connectivity index (χ1n) is 10.7. The number of ether oxygens (including phenoxy) is 1. The van der Waals surface area contributed by atoms with Gasteiger partial charge in [0.25, 0.3) is 5.91 Å². The van der Waals surface area contributed by atoms with E-state index in [0.29, 0.717) is 31.9 Å². The molecule has 0 saturated heterocycles. The van der Waals surface area contributed by atoms with Gasteiger partial charge in [-0.15, -0.1) is 11.3 Å². The number of fused-ring (bicyclic) bond motifs is 1. The number of nitrogens with one attached hydrogen (secondary N) is 3. The lowest BCUT2D eigenvalue weighted by atomic mass is 10.1. The number of halogens is 1. The number of hydrogen-bond donors (Lipinski definition) is 3. The maximum atomic E-state index is 14.4. The number of anilines is 2. The Kier molecular flexibility index (Phi) is 7.20. The average molecular weight is 478 g/mol. The van der Waals surface area contributed by atoms with E-state index in [2.05, 4.69) is 16.0 Å². The maximum Gasteiger partial charge on any atom is 0.323 e. The molecule has 1 aromatic heterocycles. The number of amides is 3. The molecule has 1 heterocycles. The summed E-state index contributed by atoms with van der Waals surface area (Å²) in [5.41, 5.74) is 2.73. The Bertz CT molecular complexity index is 1310. The van der Waals surface area contributed by atoms with Crippen molar-refractivity contribution in [3.8, 4) is 0 Å². The number of methoxy groups -OCH3 is 1. The van der Waals surface area contributed by atoms with Crippen molar-refractivity contribution in [2.45, 2.75) is 19.6 Å². The number of rotatable bonds is 7. The fourth-order valence-corrected chi connectivity index (χ4v) is 4.77. The molecule has 4 rings (SSSR count). The Morgan fingerprint density at radius 1 is 0.941 bits per heavy atom. The molecular weight excluding hydrogens is 453 g/mol. The standard InChI is InChI=1S/C26H24FN3O3S/c1-16(17-11-13-19(14-12-17)30-26(32)29-18-7-4-3-5-8-18)28-25(31)24-20(15-33-2)23-21(27)9-6-10-22(23)34-24/h3-14,16H,15H2,1-2H3,(H,28,31)(H2,29,30,32). The first-order valence-corrected chi connectivity index (χ1v) is 11.5. The zero-order chi connectivity index (χ0) is 24.1. The minimum absolute atomic E-state index is 0.142. The largest absolute Gasteiger partial charge is 0.380 e. The van der Waals surface area contributed by atoms with Gasteiger partial charge in [0.1, 0.15) is 5.82 Å². The Balaban J connectivity index is 1.43. The molecule has 1 unspecified atom stereocenters. The molecule has 8 heteroatoms. The van der Waals surface area contributed by atoms with Crippen molar-refractivity contribution in [3.63, 3.8) is 0 Å². The lowest BCUT2D eigenvalue weighted by Crippen LogP contribution is -2.26. The van der Waals surface area contributed by atoms with E-state index in [-0.39, 0.29) is 30.4 Å². The molecule has 3 amide bonds. The maximum absolute atomic E-state index is 14.4. The predicted molar refractivity (Wildman–Crippen MR) is 134 cm³/mol. The summed E-state index contributed by atoms with van der Waals surface area (Å²) in [7, 11) is 1.52. The van der Waals surface area contributed by atoms with Gasteiger partial charge >= 0.3 is 6.03 Å². The highest BCUT2D eigenvalue weighted by atomic mass is 32.1. The first-order chi connectivity index (χ1) is 16.5. The zero-order valence-corrected chi connectivity index (χ0v) is 19.5. The number of thiophene rings is 1. The van der Waals surface area contributed by atoms with Crippen LogP contribution in [-0.2, 0) is 11.3 Å². The summed E-state index contributed by atoms with van der Waals surface area (Å²) in [4.78, 5) is 25.7. The van der Waals surface area contributed by atoms with Gasteiger partial charge in [-0.1, -0.05) is 36.4 Å². The SMILES string of the molecule is COCc1c(C(=O)NC(C)c2ccc(NC(=O)Nc3ccccc3)cc2)sc2cccc(F)c12. The van der Waals surface area contributed by atoms with E-state index in [1.54, 1.807) is 36.4 Å². The summed E-state index contributed by atoms with van der Waals surface area (Å²) in [5, 5.41) is 8.95. The highest BCUT2D eigenvalue weighted by Crippen LogP contribution is 2.34. The lowest BCUT2D eigenvalue weighted by molar-refractivity contribution is 0.0939. The van der Waals surface area contributed by atoms with Gasteiger partial charge < -0.3 is 20.7 Å². The van der Waals surface area contributed by atoms with Crippen LogP contribution >= 0.6 is 11.3 Å². The third kappa shape index (κ3) is 5.24. The van der Waals surface area contributed by atoms with E-state index in [1.807, 2.05) is 37.3 Å². The van der Waals surface area contributed by atoms with Crippen LogP contribution in [0.25, 0.3) is 10.1 Å². The lowest BCUT2D eigenvalue weighted by Gasteiger charge is -2.15. The first kappa shape index (κ1) is 23.4. The van der Waals surface area contributed by atoms with Crippen LogP contribution in [0, 0.1) is 5.82 Å². The average Bonchev–Trinajstić information content (AvgIpc) is 3.20. The van der Waals surface area contributed by atoms with Gasteiger partial charge in [-0.3, -0.25) is 4.79 Å². The van der Waals surface area contributed by atoms with Crippen LogP contribution in [0.15, 0.2) is 72.8 Å². The van der Waals surface area contributed by atoms with E-state index < -0.39 is 0 Å². The van der Waals surface area contributed by atoms with Crippen molar-refractivity contribution < 1.29 is 18.7 Å². The van der Waals surface area contributed by atoms with Crippen molar-refractivity contribution in [3.05, 3.63) is 94.6 Å². The van der Waals surface area contributed by atoms with Gasteiger partial charge in [0.15, 0.2) is 0 Å². The van der Waals surface area contributed by atoms with E-state index >= 15 is 0 Å². The molecule has 3 aromatic carbocycles. The fraction of sp³-hybridized carbons (Fsp3) is 0.154. The van der Waals surface area contributed by atoms with E-state index in [4.69, 9.17) is 4.74 Å². The molecule has 4 aromatic rings. The van der Waals surface area contributed by atoms with Crippen LogP contribution in [-0.4, -0.2) is 19.0 Å². The fourth-order valence-electron chi connectivity index (χ4n) is 3.65. The highest BCUT2D eigenvalue weighted by Gasteiger charge is 2.22. The summed E-state index contributed by atoms with van der Waals surface area (Å²) in [6.07, 6.45) is 0. The van der Waals surface area contributed by atoms with Gasteiger partial charge in [0, 0.05) is 34.1 Å². The second-order valence-electron chi connectivity index (χ2n) is 7.72. The minimum Gasteiger partial charge on any atom is -0.380 e. The van der Waals surface area contributed by atoms with Crippen molar-refractivity contribution in [2.24, 2.45) is 0 Å². The molecule has 0 spiro atoms. The van der Waals surface area contributed by atoms with Crippen LogP contribution in [0.5, 0.6) is 0 Å². The van der Waals surface area contributed by atoms with Gasteiger partial charge in [-0.25, -0.2) is 9.18 Å². The van der Waals surface area contributed by atoms with Crippen molar-refractivity contribution in [1.82, 2.24) is 5.32 Å². The predicted octanol–water partition coefficient (Wildman–Crippen LogP) is 6.32. The van der Waals surface area contributed by atoms with E-state index in [0.717, 1.165) is 5.56 Å². The Hall–Kier alpha value is -3.75. The van der Waals surface area contributed by atoms with Gasteiger partial charge in [0.05, 0.1) is 17.5 Å². The topological polar surface area (TPSA) is 79.5 Å². The van der Waals surface area contributed by atoms with Crippen LogP contribution in [0.4, 0.5) is 20.6 Å². The molecule has 174 valence electrons. The molecule has 0 aliphatic heterocycles. The number of para-hydroxylation sites is 1. The number of hydrogen-bond acceptors (Lipinski definition) is 4. The molecule has 6 nitrogen and oxygen atoms in total. The highest BCUT2D eigenvalue weighted by molar-refractivity contribution is 7.21. The van der Waals surface area contributed by atoms with Gasteiger partial charge in [-0.2, -0.15) is 0 Å². The number of carbonyl (C=O) groups is 2. The quantitative estimate of drug-likeness (QED) is 0.291. The Labute approximate surface area is 200 Å². The summed E-state index contributed by atoms with van der Waals surface area (Å²) >= 11 is 1.25.